The van der Waals surface area contributed by atoms with Crippen LogP contribution in [-0.2, 0) is 34.4 Å². The Hall–Kier alpha value is 1.11. The summed E-state index contributed by atoms with van der Waals surface area (Å²) in [6.45, 7) is 0. The molecule has 0 aromatic heterocycles. The zero-order valence-corrected chi connectivity index (χ0v) is 6.27. The maximum Gasteiger partial charge on any atom is 3.00 e. The molecule has 1 radical (unpaired) electrons. The Morgan fingerprint density at radius 3 is 0.857 bits per heavy atom. The summed E-state index contributed by atoms with van der Waals surface area (Å²) in [6.07, 6.45) is 0. The van der Waals surface area contributed by atoms with Crippen molar-refractivity contribution in [2.75, 3.05) is 0 Å². The maximum absolute atomic E-state index is 8.58. The van der Waals surface area contributed by atoms with E-state index in [1.807, 2.05) is 0 Å². The SMILES string of the molecule is [Cr+3].[Fe+2].[O-][Si]([O-])([O-])[O-]. The maximum atomic E-state index is 8.58. The van der Waals surface area contributed by atoms with Gasteiger partial charge in [0.2, 0.25) is 0 Å². The van der Waals surface area contributed by atoms with Crippen LogP contribution < -0.4 is 19.2 Å². The Kier molecular flexibility index (Phi) is 11.8. The Bertz CT molecular complexity index is 27.2. The zero-order valence-electron chi connectivity index (χ0n) is 2.89. The van der Waals surface area contributed by atoms with E-state index in [0.717, 1.165) is 0 Å². The Morgan fingerprint density at radius 1 is 0.857 bits per heavy atom. The van der Waals surface area contributed by atoms with Gasteiger partial charge < -0.3 is 28.2 Å². The topological polar surface area (TPSA) is 92.2 Å². The normalized spacial score (nSPS) is 8.57. The van der Waals surface area contributed by atoms with Crippen LogP contribution in [0.15, 0.2) is 0 Å². The number of hydrogen-bond donors (Lipinski definition) is 0. The first kappa shape index (κ1) is 15.7. The zero-order chi connectivity index (χ0) is 4.50. The summed E-state index contributed by atoms with van der Waals surface area (Å²) in [7, 11) is -5.61. The molecule has 0 heterocycles. The van der Waals surface area contributed by atoms with Gasteiger partial charge in [-0.2, -0.15) is 0 Å². The summed E-state index contributed by atoms with van der Waals surface area (Å²) in [5.41, 5.74) is 0. The van der Waals surface area contributed by atoms with Crippen LogP contribution in [0.5, 0.6) is 0 Å². The van der Waals surface area contributed by atoms with E-state index in [4.69, 9.17) is 19.2 Å². The molecule has 0 spiro atoms. The summed E-state index contributed by atoms with van der Waals surface area (Å²) < 4.78 is 0. The molecule has 0 saturated carbocycles. The van der Waals surface area contributed by atoms with E-state index < -0.39 is 9.05 Å². The first-order valence-corrected chi connectivity index (χ1v) is 2.45. The third-order valence-corrected chi connectivity index (χ3v) is 0. The van der Waals surface area contributed by atoms with Gasteiger partial charge in [-0.3, -0.25) is 0 Å². The molecule has 0 amide bonds. The van der Waals surface area contributed by atoms with Gasteiger partial charge >= 0.3 is 34.4 Å². The molecule has 41 valence electrons. The van der Waals surface area contributed by atoms with Crippen molar-refractivity contribution in [3.8, 4) is 0 Å². The van der Waals surface area contributed by atoms with Gasteiger partial charge in [-0.15, -0.1) is 0 Å². The van der Waals surface area contributed by atoms with Gasteiger partial charge in [0.15, 0.2) is 0 Å². The Balaban J connectivity index is -0.0000000800. The third-order valence-electron chi connectivity index (χ3n) is 0. The van der Waals surface area contributed by atoms with E-state index in [0.29, 0.717) is 0 Å². The van der Waals surface area contributed by atoms with Gasteiger partial charge in [0, 0.05) is 0 Å². The molecule has 0 aliphatic carbocycles. The van der Waals surface area contributed by atoms with E-state index in [-0.39, 0.29) is 34.4 Å². The van der Waals surface area contributed by atoms with E-state index in [1.165, 1.54) is 0 Å². The second-order valence-electron chi connectivity index (χ2n) is 0.500. The standard InChI is InChI=1S/Cr.Fe.O4Si/c;;1-5(2,3)4/q+3;+2;-4. The summed E-state index contributed by atoms with van der Waals surface area (Å²) in [4.78, 5) is 34.3. The minimum absolute atomic E-state index is 0. The monoisotopic (exact) mass is 200 g/mol. The minimum atomic E-state index is -5.61. The fourth-order valence-corrected chi connectivity index (χ4v) is 0. The van der Waals surface area contributed by atoms with Crippen LogP contribution in [0.4, 0.5) is 0 Å². The second-order valence-corrected chi connectivity index (χ2v) is 1.50. The van der Waals surface area contributed by atoms with Crippen LogP contribution in [0.1, 0.15) is 0 Å². The van der Waals surface area contributed by atoms with Crippen LogP contribution in [0.2, 0.25) is 0 Å². The van der Waals surface area contributed by atoms with Gasteiger partial charge in [-0.25, -0.2) is 0 Å². The summed E-state index contributed by atoms with van der Waals surface area (Å²) in [6, 6.07) is 0. The molecule has 0 aliphatic rings. The molecule has 0 saturated heterocycles. The van der Waals surface area contributed by atoms with Crippen molar-refractivity contribution < 1.29 is 53.6 Å². The van der Waals surface area contributed by atoms with Crippen LogP contribution in [0.3, 0.4) is 0 Å². The predicted octanol–water partition coefficient (Wildman–Crippen LogP) is -5.14. The summed E-state index contributed by atoms with van der Waals surface area (Å²) in [5.74, 6) is 0. The van der Waals surface area contributed by atoms with Crippen LogP contribution in [0, 0.1) is 0 Å². The van der Waals surface area contributed by atoms with Crippen molar-refractivity contribution in [3.63, 3.8) is 0 Å². The molecular weight excluding hydrogens is 200 g/mol. The van der Waals surface area contributed by atoms with E-state index in [2.05, 4.69) is 0 Å². The quantitative estimate of drug-likeness (QED) is 0.365. The van der Waals surface area contributed by atoms with Crippen molar-refractivity contribution >= 4 is 9.05 Å². The molecule has 0 fully saturated rings. The molecule has 0 bridgehead atoms. The fourth-order valence-electron chi connectivity index (χ4n) is 0. The molecule has 4 nitrogen and oxygen atoms in total. The van der Waals surface area contributed by atoms with Crippen LogP contribution >= 0.6 is 0 Å². The molecule has 0 atom stereocenters. The van der Waals surface area contributed by atoms with Gasteiger partial charge in [-0.1, -0.05) is 0 Å². The second kappa shape index (κ2) is 5.25. The number of rotatable bonds is 0. The average Bonchev–Trinajstić information content (AvgIpc) is 0.722. The van der Waals surface area contributed by atoms with Crippen molar-refractivity contribution in [1.29, 1.82) is 0 Å². The molecule has 0 aliphatic heterocycles. The Morgan fingerprint density at radius 2 is 0.857 bits per heavy atom. The van der Waals surface area contributed by atoms with Crippen molar-refractivity contribution in [2.45, 2.75) is 0 Å². The Labute approximate surface area is 62.9 Å². The average molecular weight is 200 g/mol. The van der Waals surface area contributed by atoms with E-state index in [1.54, 1.807) is 0 Å². The van der Waals surface area contributed by atoms with Crippen molar-refractivity contribution in [2.24, 2.45) is 0 Å². The largest absolute Gasteiger partial charge is 3.00 e. The smallest absolute Gasteiger partial charge is 0.894 e. The molecule has 0 N–H and O–H groups in total. The summed E-state index contributed by atoms with van der Waals surface area (Å²) >= 11 is 0. The van der Waals surface area contributed by atoms with Crippen LogP contribution in [0.25, 0.3) is 0 Å². The third kappa shape index (κ3) is 151. The van der Waals surface area contributed by atoms with Gasteiger partial charge in [0.05, 0.1) is 0 Å². The fraction of sp³-hybridized carbons (Fsp3) is 0. The van der Waals surface area contributed by atoms with Gasteiger partial charge in [0.1, 0.15) is 0 Å². The molecule has 7 heteroatoms. The molecule has 0 rings (SSSR count). The van der Waals surface area contributed by atoms with Gasteiger partial charge in [0.25, 0.3) is 0 Å². The molecule has 0 unspecified atom stereocenters. The van der Waals surface area contributed by atoms with Crippen LogP contribution in [-0.4, -0.2) is 9.05 Å². The van der Waals surface area contributed by atoms with E-state index >= 15 is 0 Å². The van der Waals surface area contributed by atoms with Crippen molar-refractivity contribution in [1.82, 2.24) is 0 Å². The molecule has 7 heavy (non-hydrogen) atoms. The molecular formula is CrFeO4Si+. The first-order valence-electron chi connectivity index (χ1n) is 0.816. The van der Waals surface area contributed by atoms with Crippen molar-refractivity contribution in [3.05, 3.63) is 0 Å². The molecule has 0 aromatic carbocycles. The minimum Gasteiger partial charge on any atom is -0.894 e. The first-order chi connectivity index (χ1) is 2.00. The van der Waals surface area contributed by atoms with E-state index in [9.17, 15) is 0 Å². The summed E-state index contributed by atoms with van der Waals surface area (Å²) in [5, 5.41) is 0. The predicted molar refractivity (Wildman–Crippen MR) is 5.75 cm³/mol. The number of hydrogen-bond acceptors (Lipinski definition) is 4. The van der Waals surface area contributed by atoms with Gasteiger partial charge in [-0.05, 0) is 0 Å². The molecule has 0 aromatic rings.